The van der Waals surface area contributed by atoms with Crippen LogP contribution in [0.3, 0.4) is 0 Å². The minimum absolute atomic E-state index is 0.00181. The van der Waals surface area contributed by atoms with Crippen molar-refractivity contribution in [2.24, 2.45) is 17.8 Å². The monoisotopic (exact) mass is 227 g/mol. The van der Waals surface area contributed by atoms with Crippen LogP contribution in [0.4, 0.5) is 0 Å². The molecule has 5 heteroatoms. The highest BCUT2D eigenvalue weighted by Gasteiger charge is 2.43. The van der Waals surface area contributed by atoms with Crippen molar-refractivity contribution in [3.63, 3.8) is 0 Å². The number of carbonyl (C=O) groups excluding carboxylic acids is 2. The third kappa shape index (κ3) is 2.08. The zero-order valence-electron chi connectivity index (χ0n) is 9.77. The molecule has 90 valence electrons. The van der Waals surface area contributed by atoms with E-state index in [9.17, 15) is 14.4 Å². The molecule has 0 saturated carbocycles. The Kier molecular flexibility index (Phi) is 3.67. The van der Waals surface area contributed by atoms with E-state index >= 15 is 0 Å². The molecule has 0 spiro atoms. The van der Waals surface area contributed by atoms with Crippen molar-refractivity contribution in [3.8, 4) is 0 Å². The third-order valence-electron chi connectivity index (χ3n) is 3.31. The van der Waals surface area contributed by atoms with E-state index in [4.69, 9.17) is 5.11 Å². The number of amides is 2. The lowest BCUT2D eigenvalue weighted by Crippen LogP contribution is -2.37. The van der Waals surface area contributed by atoms with Gasteiger partial charge in [-0.15, -0.1) is 0 Å². The molecule has 1 fully saturated rings. The van der Waals surface area contributed by atoms with Gasteiger partial charge in [0.1, 0.15) is 0 Å². The summed E-state index contributed by atoms with van der Waals surface area (Å²) in [6.07, 6.45) is 0.412. The Balaban J connectivity index is 2.78. The smallest absolute Gasteiger partial charge is 0.308 e. The van der Waals surface area contributed by atoms with Gasteiger partial charge in [-0.3, -0.25) is 19.3 Å². The number of rotatable bonds is 4. The minimum Gasteiger partial charge on any atom is -0.481 e. The Morgan fingerprint density at radius 2 is 1.75 bits per heavy atom. The van der Waals surface area contributed by atoms with Gasteiger partial charge in [0.25, 0.3) is 0 Å². The van der Waals surface area contributed by atoms with Gasteiger partial charge in [-0.1, -0.05) is 20.8 Å². The second kappa shape index (κ2) is 4.63. The largest absolute Gasteiger partial charge is 0.481 e. The normalized spacial score (nSPS) is 27.3. The van der Waals surface area contributed by atoms with Crippen molar-refractivity contribution >= 4 is 17.8 Å². The highest BCUT2D eigenvalue weighted by molar-refractivity contribution is 6.04. The summed E-state index contributed by atoms with van der Waals surface area (Å²) in [5.41, 5.74) is 0. The van der Waals surface area contributed by atoms with Crippen molar-refractivity contribution in [3.05, 3.63) is 0 Å². The molecule has 1 rings (SSSR count). The maximum Gasteiger partial charge on any atom is 0.308 e. The SMILES string of the molecule is CCC(CN1C(=O)C(C)C(C)C1=O)C(=O)O. The molecular weight excluding hydrogens is 210 g/mol. The number of carboxylic acids is 1. The number of hydrogen-bond acceptors (Lipinski definition) is 3. The summed E-state index contributed by atoms with van der Waals surface area (Å²) >= 11 is 0. The third-order valence-corrected chi connectivity index (χ3v) is 3.31. The molecule has 3 atom stereocenters. The molecule has 1 aliphatic rings. The van der Waals surface area contributed by atoms with Gasteiger partial charge in [0.15, 0.2) is 0 Å². The number of imide groups is 1. The molecule has 1 N–H and O–H groups in total. The second-order valence-corrected chi connectivity index (χ2v) is 4.31. The zero-order chi connectivity index (χ0) is 12.5. The van der Waals surface area contributed by atoms with E-state index in [1.54, 1.807) is 20.8 Å². The lowest BCUT2D eigenvalue weighted by molar-refractivity contribution is -0.146. The summed E-state index contributed by atoms with van der Waals surface area (Å²) in [5, 5.41) is 8.89. The fourth-order valence-electron chi connectivity index (χ4n) is 1.81. The lowest BCUT2D eigenvalue weighted by atomic mass is 10.00. The number of carboxylic acid groups (broad SMARTS) is 1. The molecule has 2 amide bonds. The first-order valence-corrected chi connectivity index (χ1v) is 5.48. The number of nitrogens with zero attached hydrogens (tertiary/aromatic N) is 1. The Labute approximate surface area is 94.4 Å². The van der Waals surface area contributed by atoms with Crippen LogP contribution >= 0.6 is 0 Å². The first-order valence-electron chi connectivity index (χ1n) is 5.48. The van der Waals surface area contributed by atoms with Gasteiger partial charge in [-0.25, -0.2) is 0 Å². The molecule has 0 aromatic heterocycles. The van der Waals surface area contributed by atoms with E-state index in [-0.39, 0.29) is 30.2 Å². The Morgan fingerprint density at radius 3 is 2.06 bits per heavy atom. The molecule has 5 nitrogen and oxygen atoms in total. The lowest BCUT2D eigenvalue weighted by Gasteiger charge is -2.18. The maximum atomic E-state index is 11.7. The average molecular weight is 227 g/mol. The van der Waals surface area contributed by atoms with Crippen LogP contribution in [0, 0.1) is 17.8 Å². The van der Waals surface area contributed by atoms with E-state index in [1.807, 2.05) is 0 Å². The molecule has 3 unspecified atom stereocenters. The molecule has 0 aromatic carbocycles. The molecule has 1 aliphatic heterocycles. The molecular formula is C11H17NO4. The first kappa shape index (κ1) is 12.7. The zero-order valence-corrected chi connectivity index (χ0v) is 9.77. The average Bonchev–Trinajstić information content (AvgIpc) is 2.41. The van der Waals surface area contributed by atoms with Crippen LogP contribution in [-0.2, 0) is 14.4 Å². The van der Waals surface area contributed by atoms with Crippen LogP contribution in [0.15, 0.2) is 0 Å². The highest BCUT2D eigenvalue weighted by Crippen LogP contribution is 2.26. The van der Waals surface area contributed by atoms with Gasteiger partial charge in [-0.05, 0) is 6.42 Å². The predicted molar refractivity (Wildman–Crippen MR) is 56.5 cm³/mol. The Morgan fingerprint density at radius 1 is 1.31 bits per heavy atom. The van der Waals surface area contributed by atoms with Crippen LogP contribution < -0.4 is 0 Å². The van der Waals surface area contributed by atoms with E-state index in [2.05, 4.69) is 0 Å². The quantitative estimate of drug-likeness (QED) is 0.719. The van der Waals surface area contributed by atoms with Crippen LogP contribution in [0.5, 0.6) is 0 Å². The van der Waals surface area contributed by atoms with Gasteiger partial charge >= 0.3 is 5.97 Å². The number of hydrogen-bond donors (Lipinski definition) is 1. The summed E-state index contributed by atoms with van der Waals surface area (Å²) in [4.78, 5) is 35.4. The molecule has 0 radical (unpaired) electrons. The minimum atomic E-state index is -0.963. The van der Waals surface area contributed by atoms with Crippen molar-refractivity contribution in [1.82, 2.24) is 4.90 Å². The summed E-state index contributed by atoms with van der Waals surface area (Å²) in [6.45, 7) is 5.13. The number of likely N-dealkylation sites (tertiary alicyclic amines) is 1. The summed E-state index contributed by atoms with van der Waals surface area (Å²) in [5.74, 6) is -2.80. The van der Waals surface area contributed by atoms with Gasteiger partial charge < -0.3 is 5.11 Å². The molecule has 16 heavy (non-hydrogen) atoms. The molecule has 0 bridgehead atoms. The van der Waals surface area contributed by atoms with Crippen LogP contribution in [0.1, 0.15) is 27.2 Å². The van der Waals surface area contributed by atoms with Crippen LogP contribution in [0.25, 0.3) is 0 Å². The van der Waals surface area contributed by atoms with Crippen molar-refractivity contribution in [2.75, 3.05) is 6.54 Å². The number of aliphatic carboxylic acids is 1. The molecule has 0 aliphatic carbocycles. The van der Waals surface area contributed by atoms with E-state index in [0.29, 0.717) is 6.42 Å². The van der Waals surface area contributed by atoms with Gasteiger partial charge in [0, 0.05) is 18.4 Å². The van der Waals surface area contributed by atoms with Gasteiger partial charge in [-0.2, -0.15) is 0 Å². The first-order chi connectivity index (χ1) is 7.40. The standard InChI is InChI=1S/C11H17NO4/c1-4-8(11(15)16)5-12-9(13)6(2)7(3)10(12)14/h6-8H,4-5H2,1-3H3,(H,15,16). The number of carbonyl (C=O) groups is 3. The Hall–Kier alpha value is -1.39. The fourth-order valence-corrected chi connectivity index (χ4v) is 1.81. The topological polar surface area (TPSA) is 74.7 Å². The maximum absolute atomic E-state index is 11.7. The van der Waals surface area contributed by atoms with Crippen LogP contribution in [-0.4, -0.2) is 34.3 Å². The molecule has 0 aromatic rings. The summed E-state index contributed by atoms with van der Waals surface area (Å²) < 4.78 is 0. The fraction of sp³-hybridized carbons (Fsp3) is 0.727. The summed E-state index contributed by atoms with van der Waals surface area (Å²) in [6, 6.07) is 0. The predicted octanol–water partition coefficient (Wildman–Crippen LogP) is 0.738. The van der Waals surface area contributed by atoms with Crippen molar-refractivity contribution < 1.29 is 19.5 Å². The van der Waals surface area contributed by atoms with Crippen molar-refractivity contribution in [1.29, 1.82) is 0 Å². The van der Waals surface area contributed by atoms with Gasteiger partial charge in [0.05, 0.1) is 5.92 Å². The second-order valence-electron chi connectivity index (χ2n) is 4.31. The van der Waals surface area contributed by atoms with E-state index in [1.165, 1.54) is 0 Å². The van der Waals surface area contributed by atoms with E-state index < -0.39 is 11.9 Å². The highest BCUT2D eigenvalue weighted by atomic mass is 16.4. The molecule has 1 heterocycles. The molecule has 1 saturated heterocycles. The Bertz CT molecular complexity index is 306. The van der Waals surface area contributed by atoms with Crippen molar-refractivity contribution in [2.45, 2.75) is 27.2 Å². The van der Waals surface area contributed by atoms with E-state index in [0.717, 1.165) is 4.90 Å². The van der Waals surface area contributed by atoms with Crippen LogP contribution in [0.2, 0.25) is 0 Å². The van der Waals surface area contributed by atoms with Gasteiger partial charge in [0.2, 0.25) is 11.8 Å². The summed E-state index contributed by atoms with van der Waals surface area (Å²) in [7, 11) is 0.